The highest BCUT2D eigenvalue weighted by atomic mass is 16.1. The monoisotopic (exact) mass is 244 g/mol. The van der Waals surface area contributed by atoms with Gasteiger partial charge in [0.1, 0.15) is 0 Å². The molecule has 0 saturated heterocycles. The lowest BCUT2D eigenvalue weighted by Gasteiger charge is -2.06. The van der Waals surface area contributed by atoms with Crippen LogP contribution >= 0.6 is 0 Å². The second-order valence-corrected chi connectivity index (χ2v) is 4.09. The third-order valence-electron chi connectivity index (χ3n) is 2.53. The number of nitrogens with one attached hydrogen (secondary N) is 2. The molecule has 2 aromatic rings. The number of aryl methyl sites for hydroxylation is 1. The average Bonchev–Trinajstić information content (AvgIpc) is 2.77. The van der Waals surface area contributed by atoms with E-state index in [4.69, 9.17) is 0 Å². The number of anilines is 1. The number of hydrogen-bond acceptors (Lipinski definition) is 3. The number of amides is 1. The lowest BCUT2D eigenvalue weighted by atomic mass is 10.2. The van der Waals surface area contributed by atoms with E-state index in [1.807, 2.05) is 31.3 Å². The molecule has 2 rings (SSSR count). The fourth-order valence-electron chi connectivity index (χ4n) is 1.70. The molecule has 94 valence electrons. The fraction of sp³-hybridized carbons (Fsp3) is 0.231. The number of benzene rings is 1. The van der Waals surface area contributed by atoms with E-state index in [0.29, 0.717) is 5.56 Å². The largest absolute Gasteiger partial charge is 0.322 e. The summed E-state index contributed by atoms with van der Waals surface area (Å²) in [6, 6.07) is 7.75. The van der Waals surface area contributed by atoms with Crippen LogP contribution in [0.1, 0.15) is 15.9 Å². The van der Waals surface area contributed by atoms with Gasteiger partial charge in [-0.3, -0.25) is 9.48 Å². The van der Waals surface area contributed by atoms with Gasteiger partial charge in [0.25, 0.3) is 5.91 Å². The minimum absolute atomic E-state index is 0.148. The van der Waals surface area contributed by atoms with Gasteiger partial charge in [-0.1, -0.05) is 12.1 Å². The van der Waals surface area contributed by atoms with Crippen molar-refractivity contribution < 1.29 is 4.79 Å². The maximum Gasteiger partial charge on any atom is 0.258 e. The molecule has 2 N–H and O–H groups in total. The molecule has 5 nitrogen and oxygen atoms in total. The van der Waals surface area contributed by atoms with Gasteiger partial charge in [-0.25, -0.2) is 0 Å². The van der Waals surface area contributed by atoms with Gasteiger partial charge in [-0.15, -0.1) is 0 Å². The van der Waals surface area contributed by atoms with Crippen molar-refractivity contribution in [3.05, 3.63) is 47.8 Å². The Balaban J connectivity index is 2.09. The minimum Gasteiger partial charge on any atom is -0.322 e. The zero-order chi connectivity index (χ0) is 13.0. The number of rotatable bonds is 4. The van der Waals surface area contributed by atoms with Gasteiger partial charge >= 0.3 is 0 Å². The van der Waals surface area contributed by atoms with Gasteiger partial charge in [0.2, 0.25) is 0 Å². The van der Waals surface area contributed by atoms with Crippen LogP contribution in [-0.2, 0) is 13.6 Å². The maximum absolute atomic E-state index is 11.9. The molecule has 1 aromatic heterocycles. The molecule has 0 fully saturated rings. The van der Waals surface area contributed by atoms with E-state index in [0.717, 1.165) is 17.8 Å². The fourth-order valence-corrected chi connectivity index (χ4v) is 1.70. The van der Waals surface area contributed by atoms with Crippen molar-refractivity contribution in [1.82, 2.24) is 15.1 Å². The molecule has 18 heavy (non-hydrogen) atoms. The number of hydrogen-bond donors (Lipinski definition) is 2. The van der Waals surface area contributed by atoms with Gasteiger partial charge in [0.05, 0.1) is 11.8 Å². The smallest absolute Gasteiger partial charge is 0.258 e. The molecule has 0 radical (unpaired) electrons. The molecule has 0 bridgehead atoms. The van der Waals surface area contributed by atoms with Crippen LogP contribution in [0, 0.1) is 0 Å². The predicted octanol–water partition coefficient (Wildman–Crippen LogP) is 1.39. The highest BCUT2D eigenvalue weighted by Gasteiger charge is 2.08. The van der Waals surface area contributed by atoms with Gasteiger partial charge < -0.3 is 10.6 Å². The number of aromatic nitrogens is 2. The van der Waals surface area contributed by atoms with Crippen molar-refractivity contribution in [3.63, 3.8) is 0 Å². The van der Waals surface area contributed by atoms with E-state index < -0.39 is 0 Å². The molecule has 1 heterocycles. The Morgan fingerprint density at radius 2 is 2.28 bits per heavy atom. The summed E-state index contributed by atoms with van der Waals surface area (Å²) < 4.78 is 1.60. The normalized spacial score (nSPS) is 10.3. The van der Waals surface area contributed by atoms with Crippen molar-refractivity contribution in [3.8, 4) is 0 Å². The SMILES string of the molecule is CNCc1cccc(NC(=O)c2cnn(C)c2)c1. The zero-order valence-corrected chi connectivity index (χ0v) is 10.5. The van der Waals surface area contributed by atoms with E-state index >= 15 is 0 Å². The van der Waals surface area contributed by atoms with Crippen LogP contribution in [0.25, 0.3) is 0 Å². The zero-order valence-electron chi connectivity index (χ0n) is 10.5. The first kappa shape index (κ1) is 12.3. The van der Waals surface area contributed by atoms with Crippen LogP contribution in [-0.4, -0.2) is 22.7 Å². The van der Waals surface area contributed by atoms with Crippen LogP contribution in [0.5, 0.6) is 0 Å². The Kier molecular flexibility index (Phi) is 3.74. The number of nitrogens with zero attached hydrogens (tertiary/aromatic N) is 2. The first-order chi connectivity index (χ1) is 8.69. The van der Waals surface area contributed by atoms with Crippen molar-refractivity contribution in [1.29, 1.82) is 0 Å². The van der Waals surface area contributed by atoms with E-state index in [2.05, 4.69) is 15.7 Å². The van der Waals surface area contributed by atoms with Crippen LogP contribution in [0.3, 0.4) is 0 Å². The van der Waals surface area contributed by atoms with Crippen LogP contribution in [0.4, 0.5) is 5.69 Å². The number of carbonyl (C=O) groups is 1. The Morgan fingerprint density at radius 3 is 2.94 bits per heavy atom. The van der Waals surface area contributed by atoms with Crippen molar-refractivity contribution >= 4 is 11.6 Å². The molecular formula is C13H16N4O. The predicted molar refractivity (Wildman–Crippen MR) is 70.4 cm³/mol. The summed E-state index contributed by atoms with van der Waals surface area (Å²) in [4.78, 5) is 11.9. The summed E-state index contributed by atoms with van der Waals surface area (Å²) in [7, 11) is 3.67. The van der Waals surface area contributed by atoms with E-state index in [-0.39, 0.29) is 5.91 Å². The first-order valence-electron chi connectivity index (χ1n) is 5.72. The molecule has 0 saturated carbocycles. The Labute approximate surface area is 106 Å². The summed E-state index contributed by atoms with van der Waals surface area (Å²) in [5.41, 5.74) is 2.47. The topological polar surface area (TPSA) is 58.9 Å². The summed E-state index contributed by atoms with van der Waals surface area (Å²) in [5.74, 6) is -0.148. The molecule has 0 aliphatic carbocycles. The quantitative estimate of drug-likeness (QED) is 0.854. The van der Waals surface area contributed by atoms with Crippen molar-refractivity contribution in [2.24, 2.45) is 7.05 Å². The highest BCUT2D eigenvalue weighted by Crippen LogP contribution is 2.12. The van der Waals surface area contributed by atoms with Crippen LogP contribution in [0.15, 0.2) is 36.7 Å². The highest BCUT2D eigenvalue weighted by molar-refractivity contribution is 6.03. The molecule has 1 aromatic carbocycles. The third kappa shape index (κ3) is 2.95. The third-order valence-corrected chi connectivity index (χ3v) is 2.53. The summed E-state index contributed by atoms with van der Waals surface area (Å²) in [6.45, 7) is 0.774. The summed E-state index contributed by atoms with van der Waals surface area (Å²) in [5, 5.41) is 9.90. The molecule has 0 aliphatic heterocycles. The molecular weight excluding hydrogens is 228 g/mol. The first-order valence-corrected chi connectivity index (χ1v) is 5.72. The Bertz CT molecular complexity index is 547. The summed E-state index contributed by atoms with van der Waals surface area (Å²) >= 11 is 0. The molecule has 0 unspecified atom stereocenters. The molecule has 0 spiro atoms. The van der Waals surface area contributed by atoms with Crippen molar-refractivity contribution in [2.75, 3.05) is 12.4 Å². The van der Waals surface area contributed by atoms with Crippen LogP contribution in [0.2, 0.25) is 0 Å². The molecule has 0 atom stereocenters. The van der Waals surface area contributed by atoms with E-state index in [1.165, 1.54) is 0 Å². The molecule has 0 aliphatic rings. The van der Waals surface area contributed by atoms with Crippen molar-refractivity contribution in [2.45, 2.75) is 6.54 Å². The average molecular weight is 244 g/mol. The van der Waals surface area contributed by atoms with Gasteiger partial charge in [0, 0.05) is 25.5 Å². The van der Waals surface area contributed by atoms with Gasteiger partial charge in [-0.2, -0.15) is 5.10 Å². The maximum atomic E-state index is 11.9. The van der Waals surface area contributed by atoms with E-state index in [9.17, 15) is 4.79 Å². The van der Waals surface area contributed by atoms with Gasteiger partial charge in [0.15, 0.2) is 0 Å². The minimum atomic E-state index is -0.148. The molecule has 1 amide bonds. The van der Waals surface area contributed by atoms with E-state index in [1.54, 1.807) is 24.1 Å². The number of carbonyl (C=O) groups excluding carboxylic acids is 1. The van der Waals surface area contributed by atoms with Gasteiger partial charge in [-0.05, 0) is 24.7 Å². The summed E-state index contributed by atoms with van der Waals surface area (Å²) in [6.07, 6.45) is 3.24. The second-order valence-electron chi connectivity index (χ2n) is 4.09. The Morgan fingerprint density at radius 1 is 1.44 bits per heavy atom. The lowest BCUT2D eigenvalue weighted by Crippen LogP contribution is -2.12. The second kappa shape index (κ2) is 5.46. The lowest BCUT2D eigenvalue weighted by molar-refractivity contribution is 0.102. The standard InChI is InChI=1S/C13H16N4O/c1-14-7-10-4-3-5-12(6-10)16-13(18)11-8-15-17(2)9-11/h3-6,8-9,14H,7H2,1-2H3,(H,16,18). The molecule has 5 heteroatoms. The van der Waals surface area contributed by atoms with Crippen LogP contribution < -0.4 is 10.6 Å². The Hall–Kier alpha value is -2.14.